The van der Waals surface area contributed by atoms with E-state index in [1.807, 2.05) is 44.1 Å². The van der Waals surface area contributed by atoms with Gasteiger partial charge in [0.15, 0.2) is 5.13 Å². The molecule has 2 aromatic carbocycles. The molecule has 26 heavy (non-hydrogen) atoms. The molecule has 3 rings (SSSR count). The molecule has 0 fully saturated rings. The molecule has 0 radical (unpaired) electrons. The molecule has 0 aliphatic carbocycles. The average Bonchev–Trinajstić information content (AvgIpc) is 3.00. The third kappa shape index (κ3) is 4.38. The summed E-state index contributed by atoms with van der Waals surface area (Å²) in [6.07, 6.45) is 0. The smallest absolute Gasteiger partial charge is 0.260 e. The van der Waals surface area contributed by atoms with Gasteiger partial charge in [0.2, 0.25) is 0 Å². The number of aromatic nitrogens is 1. The Morgan fingerprint density at radius 2 is 1.81 bits per heavy atom. The first-order valence-electron chi connectivity index (χ1n) is 8.04. The molecule has 0 saturated heterocycles. The summed E-state index contributed by atoms with van der Waals surface area (Å²) in [6, 6.07) is 11.6. The first kappa shape index (κ1) is 20.3. The van der Waals surface area contributed by atoms with Crippen molar-refractivity contribution in [3.63, 3.8) is 0 Å². The minimum atomic E-state index is -0.355. The van der Waals surface area contributed by atoms with Gasteiger partial charge in [0, 0.05) is 18.7 Å². The minimum Gasteiger partial charge on any atom is -0.308 e. The van der Waals surface area contributed by atoms with Crippen LogP contribution in [0.4, 0.5) is 9.52 Å². The maximum absolute atomic E-state index is 13.2. The molecule has 0 spiro atoms. The predicted octanol–water partition coefficient (Wildman–Crippen LogP) is 4.37. The summed E-state index contributed by atoms with van der Waals surface area (Å²) in [4.78, 5) is 21.4. The summed E-state index contributed by atoms with van der Waals surface area (Å²) in [7, 11) is 3.92. The second-order valence-electron chi connectivity index (χ2n) is 6.19. The number of fused-ring (bicyclic) bond motifs is 1. The SMILES string of the molecule is Cc1cccc2sc(N(CCN(C)C)C(=O)c3ccc(F)cc3)nc12.Cl. The van der Waals surface area contributed by atoms with Crippen molar-refractivity contribution in [2.45, 2.75) is 6.92 Å². The minimum absolute atomic E-state index is 0. The molecule has 138 valence electrons. The van der Waals surface area contributed by atoms with E-state index in [2.05, 4.69) is 4.98 Å². The maximum atomic E-state index is 13.2. The number of likely N-dealkylation sites (N-methyl/N-ethyl adjacent to an activating group) is 1. The molecular formula is C19H21ClFN3OS. The summed E-state index contributed by atoms with van der Waals surface area (Å²) < 4.78 is 14.2. The monoisotopic (exact) mass is 393 g/mol. The Morgan fingerprint density at radius 1 is 1.12 bits per heavy atom. The maximum Gasteiger partial charge on any atom is 0.260 e. The van der Waals surface area contributed by atoms with E-state index >= 15 is 0 Å². The van der Waals surface area contributed by atoms with Gasteiger partial charge in [-0.05, 0) is 56.9 Å². The molecule has 1 amide bonds. The van der Waals surface area contributed by atoms with Crippen molar-refractivity contribution in [1.82, 2.24) is 9.88 Å². The number of aryl methyl sites for hydroxylation is 1. The lowest BCUT2D eigenvalue weighted by molar-refractivity contribution is 0.0985. The first-order chi connectivity index (χ1) is 12.0. The van der Waals surface area contributed by atoms with E-state index < -0.39 is 0 Å². The lowest BCUT2D eigenvalue weighted by atomic mass is 10.2. The summed E-state index contributed by atoms with van der Waals surface area (Å²) >= 11 is 1.50. The molecule has 0 aliphatic heterocycles. The molecule has 0 aliphatic rings. The van der Waals surface area contributed by atoms with Crippen LogP contribution in [0.2, 0.25) is 0 Å². The quantitative estimate of drug-likeness (QED) is 0.645. The Bertz CT molecular complexity index is 895. The third-order valence-corrected chi connectivity index (χ3v) is 4.99. The summed E-state index contributed by atoms with van der Waals surface area (Å²) in [5, 5.41) is 0.667. The number of carbonyl (C=O) groups is 1. The van der Waals surface area contributed by atoms with E-state index in [0.717, 1.165) is 15.8 Å². The number of amides is 1. The van der Waals surface area contributed by atoms with Gasteiger partial charge in [0.05, 0.1) is 10.2 Å². The van der Waals surface area contributed by atoms with Crippen molar-refractivity contribution in [1.29, 1.82) is 0 Å². The summed E-state index contributed by atoms with van der Waals surface area (Å²) in [5.41, 5.74) is 2.46. The van der Waals surface area contributed by atoms with Crippen LogP contribution < -0.4 is 4.90 Å². The van der Waals surface area contributed by atoms with Gasteiger partial charge in [-0.2, -0.15) is 0 Å². The van der Waals surface area contributed by atoms with Crippen molar-refractivity contribution in [2.75, 3.05) is 32.1 Å². The number of hydrogen-bond donors (Lipinski definition) is 0. The number of anilines is 1. The molecule has 0 atom stereocenters. The average molecular weight is 394 g/mol. The Morgan fingerprint density at radius 3 is 2.42 bits per heavy atom. The molecule has 0 unspecified atom stereocenters. The van der Waals surface area contributed by atoms with Gasteiger partial charge in [-0.25, -0.2) is 9.37 Å². The van der Waals surface area contributed by atoms with Crippen LogP contribution in [-0.4, -0.2) is 43.0 Å². The Labute approximate surface area is 162 Å². The number of halogens is 2. The number of thiazole rings is 1. The number of benzene rings is 2. The van der Waals surface area contributed by atoms with Crippen molar-refractivity contribution in [3.05, 3.63) is 59.4 Å². The van der Waals surface area contributed by atoms with Gasteiger partial charge in [-0.15, -0.1) is 12.4 Å². The lowest BCUT2D eigenvalue weighted by Gasteiger charge is -2.22. The van der Waals surface area contributed by atoms with E-state index in [4.69, 9.17) is 0 Å². The van der Waals surface area contributed by atoms with Gasteiger partial charge < -0.3 is 4.90 Å². The van der Waals surface area contributed by atoms with Gasteiger partial charge >= 0.3 is 0 Å². The summed E-state index contributed by atoms with van der Waals surface area (Å²) in [5.74, 6) is -0.523. The number of hydrogen-bond acceptors (Lipinski definition) is 4. The van der Waals surface area contributed by atoms with E-state index in [-0.39, 0.29) is 24.1 Å². The molecule has 0 saturated carbocycles. The highest BCUT2D eigenvalue weighted by Crippen LogP contribution is 2.31. The van der Waals surface area contributed by atoms with E-state index in [9.17, 15) is 9.18 Å². The van der Waals surface area contributed by atoms with Crippen LogP contribution in [0.1, 0.15) is 15.9 Å². The molecule has 0 bridgehead atoms. The molecule has 1 heterocycles. The topological polar surface area (TPSA) is 36.4 Å². The fraction of sp³-hybridized carbons (Fsp3) is 0.263. The van der Waals surface area contributed by atoms with Crippen LogP contribution in [0.25, 0.3) is 10.2 Å². The zero-order valence-corrected chi connectivity index (χ0v) is 16.5. The molecule has 4 nitrogen and oxygen atoms in total. The first-order valence-corrected chi connectivity index (χ1v) is 8.85. The van der Waals surface area contributed by atoms with Crippen LogP contribution in [-0.2, 0) is 0 Å². The predicted molar refractivity (Wildman–Crippen MR) is 108 cm³/mol. The number of para-hydroxylation sites is 1. The van der Waals surface area contributed by atoms with Crippen LogP contribution >= 0.6 is 23.7 Å². The highest BCUT2D eigenvalue weighted by Gasteiger charge is 2.21. The fourth-order valence-corrected chi connectivity index (χ4v) is 3.59. The zero-order chi connectivity index (χ0) is 18.0. The van der Waals surface area contributed by atoms with Crippen molar-refractivity contribution in [3.8, 4) is 0 Å². The fourth-order valence-electron chi connectivity index (χ4n) is 2.52. The third-order valence-electron chi connectivity index (χ3n) is 3.95. The van der Waals surface area contributed by atoms with Gasteiger partial charge in [0.25, 0.3) is 5.91 Å². The van der Waals surface area contributed by atoms with Crippen LogP contribution in [0.15, 0.2) is 42.5 Å². The highest BCUT2D eigenvalue weighted by atomic mass is 35.5. The Balaban J connectivity index is 0.00000243. The van der Waals surface area contributed by atoms with E-state index in [0.29, 0.717) is 23.8 Å². The number of rotatable bonds is 5. The van der Waals surface area contributed by atoms with Gasteiger partial charge in [-0.3, -0.25) is 9.69 Å². The summed E-state index contributed by atoms with van der Waals surface area (Å²) in [6.45, 7) is 3.24. The molecule has 7 heteroatoms. The highest BCUT2D eigenvalue weighted by molar-refractivity contribution is 7.22. The van der Waals surface area contributed by atoms with Crippen LogP contribution in [0.5, 0.6) is 0 Å². The Hall–Kier alpha value is -2.02. The van der Waals surface area contributed by atoms with Gasteiger partial charge in [-0.1, -0.05) is 23.5 Å². The second-order valence-corrected chi connectivity index (χ2v) is 7.19. The molecule has 0 N–H and O–H groups in total. The number of nitrogens with zero attached hydrogens (tertiary/aromatic N) is 3. The number of carbonyl (C=O) groups excluding carboxylic acids is 1. The second kappa shape index (κ2) is 8.58. The van der Waals surface area contributed by atoms with Crippen LogP contribution in [0, 0.1) is 12.7 Å². The molecule has 3 aromatic rings. The molecule has 1 aromatic heterocycles. The normalized spacial score (nSPS) is 10.8. The zero-order valence-electron chi connectivity index (χ0n) is 14.9. The standard InChI is InChI=1S/C19H20FN3OS.ClH/c1-13-5-4-6-16-17(13)21-19(25-16)23(12-11-22(2)3)18(24)14-7-9-15(20)10-8-14;/h4-10H,11-12H2,1-3H3;1H. The van der Waals surface area contributed by atoms with Crippen molar-refractivity contribution < 1.29 is 9.18 Å². The largest absolute Gasteiger partial charge is 0.308 e. The van der Waals surface area contributed by atoms with Gasteiger partial charge in [0.1, 0.15) is 5.82 Å². The van der Waals surface area contributed by atoms with E-state index in [1.54, 1.807) is 4.90 Å². The molecular weight excluding hydrogens is 373 g/mol. The van der Waals surface area contributed by atoms with Crippen LogP contribution in [0.3, 0.4) is 0 Å². The van der Waals surface area contributed by atoms with Crippen molar-refractivity contribution >= 4 is 45.0 Å². The Kier molecular flexibility index (Phi) is 6.69. The van der Waals surface area contributed by atoms with Crippen molar-refractivity contribution in [2.24, 2.45) is 0 Å². The van der Waals surface area contributed by atoms with E-state index in [1.165, 1.54) is 35.6 Å². The lowest BCUT2D eigenvalue weighted by Crippen LogP contribution is -2.36.